The fraction of sp³-hybridized carbons (Fsp3) is 0.320. The molecule has 0 bridgehead atoms. The van der Waals surface area contributed by atoms with Gasteiger partial charge < -0.3 is 14.4 Å². The van der Waals surface area contributed by atoms with Crippen LogP contribution in [-0.4, -0.2) is 36.8 Å². The van der Waals surface area contributed by atoms with E-state index in [1.807, 2.05) is 18.5 Å². The van der Waals surface area contributed by atoms with Gasteiger partial charge in [0.15, 0.2) is 11.6 Å². The molecule has 3 aromatic heterocycles. The molecule has 1 saturated carbocycles. The van der Waals surface area contributed by atoms with E-state index in [2.05, 4.69) is 25.4 Å². The Kier molecular flexibility index (Phi) is 6.04. The first-order valence-electron chi connectivity index (χ1n) is 11.5. The van der Waals surface area contributed by atoms with Gasteiger partial charge >= 0.3 is 6.18 Å². The molecule has 4 aromatic rings. The minimum atomic E-state index is -4.46. The number of halogens is 4. The SMILES string of the molecule is Cc1c(Cc2ncc(-c3ccc(CC(=O)Nc4cc(C5(C(F)(F)F)CC5)on4)c(F)c3)cn2)ncn1C. The van der Waals surface area contributed by atoms with Crippen LogP contribution in [0.2, 0.25) is 0 Å². The summed E-state index contributed by atoms with van der Waals surface area (Å²) in [5.41, 5.74) is 1.10. The van der Waals surface area contributed by atoms with Gasteiger partial charge in [-0.3, -0.25) is 4.79 Å². The van der Waals surface area contributed by atoms with Crippen molar-refractivity contribution in [3.63, 3.8) is 0 Å². The van der Waals surface area contributed by atoms with Gasteiger partial charge in [0.1, 0.15) is 17.1 Å². The van der Waals surface area contributed by atoms with Gasteiger partial charge in [0.05, 0.1) is 24.9 Å². The van der Waals surface area contributed by atoms with Crippen LogP contribution in [0, 0.1) is 12.7 Å². The number of carbonyl (C=O) groups excluding carboxylic acids is 1. The maximum Gasteiger partial charge on any atom is 0.401 e. The fourth-order valence-electron chi connectivity index (χ4n) is 4.04. The molecule has 5 rings (SSSR count). The average molecular weight is 514 g/mol. The van der Waals surface area contributed by atoms with Crippen LogP contribution in [-0.2, 0) is 30.1 Å². The highest BCUT2D eigenvalue weighted by Crippen LogP contribution is 2.59. The lowest BCUT2D eigenvalue weighted by molar-refractivity contribution is -0.165. The molecule has 0 atom stereocenters. The number of imidazole rings is 1. The number of rotatable bonds is 7. The molecule has 1 aliphatic rings. The number of anilines is 1. The molecular weight excluding hydrogens is 492 g/mol. The summed E-state index contributed by atoms with van der Waals surface area (Å²) in [6.45, 7) is 1.96. The topological polar surface area (TPSA) is 98.7 Å². The average Bonchev–Trinajstić information content (AvgIpc) is 3.47. The molecule has 0 unspecified atom stereocenters. The van der Waals surface area contributed by atoms with Crippen molar-refractivity contribution >= 4 is 11.7 Å². The molecule has 1 fully saturated rings. The number of hydrogen-bond donors (Lipinski definition) is 1. The monoisotopic (exact) mass is 514 g/mol. The van der Waals surface area contributed by atoms with Gasteiger partial charge in [0.25, 0.3) is 0 Å². The Morgan fingerprint density at radius 1 is 1.14 bits per heavy atom. The molecule has 0 aliphatic heterocycles. The Labute approximate surface area is 208 Å². The lowest BCUT2D eigenvalue weighted by atomic mass is 10.0. The van der Waals surface area contributed by atoms with Crippen molar-refractivity contribution in [2.24, 2.45) is 7.05 Å². The van der Waals surface area contributed by atoms with Crippen LogP contribution in [0.5, 0.6) is 0 Å². The number of nitrogens with zero attached hydrogens (tertiary/aromatic N) is 5. The second kappa shape index (κ2) is 9.09. The summed E-state index contributed by atoms with van der Waals surface area (Å²) < 4.78 is 61.2. The Morgan fingerprint density at radius 3 is 2.46 bits per heavy atom. The van der Waals surface area contributed by atoms with E-state index in [-0.39, 0.29) is 36.4 Å². The predicted molar refractivity (Wildman–Crippen MR) is 124 cm³/mol. The second-order valence-electron chi connectivity index (χ2n) is 9.14. The number of aromatic nitrogens is 5. The first-order chi connectivity index (χ1) is 17.6. The molecule has 1 aliphatic carbocycles. The molecule has 1 amide bonds. The molecule has 0 radical (unpaired) electrons. The third kappa shape index (κ3) is 4.83. The van der Waals surface area contributed by atoms with Crippen molar-refractivity contribution in [1.29, 1.82) is 0 Å². The number of carbonyl (C=O) groups is 1. The lowest BCUT2D eigenvalue weighted by Gasteiger charge is -2.14. The molecule has 12 heteroatoms. The third-order valence-corrected chi connectivity index (χ3v) is 6.64. The molecule has 1 N–H and O–H groups in total. The largest absolute Gasteiger partial charge is 0.401 e. The highest BCUT2D eigenvalue weighted by molar-refractivity contribution is 5.91. The van der Waals surface area contributed by atoms with Crippen LogP contribution in [0.15, 0.2) is 47.5 Å². The van der Waals surface area contributed by atoms with Crippen LogP contribution in [0.4, 0.5) is 23.4 Å². The first-order valence-corrected chi connectivity index (χ1v) is 11.5. The van der Waals surface area contributed by atoms with Crippen LogP contribution in [0.1, 0.15) is 41.4 Å². The van der Waals surface area contributed by atoms with Crippen molar-refractivity contribution < 1.29 is 26.9 Å². The summed E-state index contributed by atoms with van der Waals surface area (Å²) in [6, 6.07) is 5.45. The minimum absolute atomic E-state index is 0.0890. The van der Waals surface area contributed by atoms with Gasteiger partial charge in [-0.1, -0.05) is 17.3 Å². The van der Waals surface area contributed by atoms with E-state index in [1.54, 1.807) is 24.8 Å². The van der Waals surface area contributed by atoms with E-state index in [0.717, 1.165) is 17.5 Å². The summed E-state index contributed by atoms with van der Waals surface area (Å²) in [6.07, 6.45) is 0.417. The van der Waals surface area contributed by atoms with Crippen molar-refractivity contribution in [2.75, 3.05) is 5.32 Å². The van der Waals surface area contributed by atoms with Gasteiger partial charge in [-0.2, -0.15) is 13.2 Å². The van der Waals surface area contributed by atoms with Crippen molar-refractivity contribution in [3.05, 3.63) is 77.3 Å². The first kappa shape index (κ1) is 24.6. The Bertz CT molecular complexity index is 1450. The van der Waals surface area contributed by atoms with E-state index < -0.39 is 23.3 Å². The van der Waals surface area contributed by atoms with Gasteiger partial charge in [0.2, 0.25) is 5.91 Å². The molecule has 192 valence electrons. The molecule has 3 heterocycles. The zero-order chi connectivity index (χ0) is 26.4. The van der Waals surface area contributed by atoms with E-state index in [0.29, 0.717) is 23.4 Å². The van der Waals surface area contributed by atoms with E-state index >= 15 is 0 Å². The van der Waals surface area contributed by atoms with E-state index in [9.17, 15) is 22.4 Å². The maximum absolute atomic E-state index is 14.8. The van der Waals surface area contributed by atoms with E-state index in [1.165, 1.54) is 12.1 Å². The molecule has 0 saturated heterocycles. The van der Waals surface area contributed by atoms with Gasteiger partial charge in [-0.15, -0.1) is 0 Å². The summed E-state index contributed by atoms with van der Waals surface area (Å²) in [4.78, 5) is 25.4. The Morgan fingerprint density at radius 2 is 1.86 bits per heavy atom. The van der Waals surface area contributed by atoms with Gasteiger partial charge in [-0.25, -0.2) is 19.3 Å². The third-order valence-electron chi connectivity index (χ3n) is 6.64. The normalized spacial score (nSPS) is 14.5. The lowest BCUT2D eigenvalue weighted by Crippen LogP contribution is -2.28. The number of benzene rings is 1. The molecule has 0 spiro atoms. The quantitative estimate of drug-likeness (QED) is 0.360. The highest BCUT2D eigenvalue weighted by Gasteiger charge is 2.66. The summed E-state index contributed by atoms with van der Waals surface area (Å²) in [7, 11) is 1.91. The van der Waals surface area contributed by atoms with Crippen LogP contribution >= 0.6 is 0 Å². The standard InChI is InChI=1S/C25H22F4N6O2/c1-14-19(32-13-35(14)2)9-21-30-11-17(12-31-21)15-3-4-16(18(26)7-15)8-23(36)33-22-10-20(37-34-22)24(5-6-24)25(27,28)29/h3-4,7,10-13H,5-6,8-9H2,1-2H3,(H,33,34,36). The maximum atomic E-state index is 14.8. The number of hydrogen-bond acceptors (Lipinski definition) is 6. The smallest absolute Gasteiger partial charge is 0.358 e. The Balaban J connectivity index is 1.22. The van der Waals surface area contributed by atoms with Crippen molar-refractivity contribution in [2.45, 2.75) is 44.2 Å². The molecule has 8 nitrogen and oxygen atoms in total. The fourth-order valence-corrected chi connectivity index (χ4v) is 4.04. The van der Waals surface area contributed by atoms with Crippen molar-refractivity contribution in [1.82, 2.24) is 24.7 Å². The highest BCUT2D eigenvalue weighted by atomic mass is 19.4. The van der Waals surface area contributed by atoms with Crippen LogP contribution in [0.25, 0.3) is 11.1 Å². The summed E-state index contributed by atoms with van der Waals surface area (Å²) in [5.74, 6) is -1.16. The number of amides is 1. The van der Waals surface area contributed by atoms with Gasteiger partial charge in [0, 0.05) is 36.8 Å². The molecule has 1 aromatic carbocycles. The minimum Gasteiger partial charge on any atom is -0.358 e. The summed E-state index contributed by atoms with van der Waals surface area (Å²) >= 11 is 0. The van der Waals surface area contributed by atoms with Crippen LogP contribution < -0.4 is 5.32 Å². The van der Waals surface area contributed by atoms with Crippen LogP contribution in [0.3, 0.4) is 0 Å². The molecule has 37 heavy (non-hydrogen) atoms. The molecular formula is C25H22F4N6O2. The summed E-state index contributed by atoms with van der Waals surface area (Å²) in [5, 5.41) is 5.88. The van der Waals surface area contributed by atoms with Crippen molar-refractivity contribution in [3.8, 4) is 11.1 Å². The number of nitrogens with one attached hydrogen (secondary N) is 1. The zero-order valence-electron chi connectivity index (χ0n) is 19.9. The Hall–Kier alpha value is -4.09. The van der Waals surface area contributed by atoms with E-state index in [4.69, 9.17) is 4.52 Å². The zero-order valence-corrected chi connectivity index (χ0v) is 19.9. The number of alkyl halides is 3. The van der Waals surface area contributed by atoms with Gasteiger partial charge in [-0.05, 0) is 37.0 Å². The second-order valence-corrected chi connectivity index (χ2v) is 9.14. The number of aryl methyl sites for hydroxylation is 1. The predicted octanol–water partition coefficient (Wildman–Crippen LogP) is 4.68.